The van der Waals surface area contributed by atoms with E-state index < -0.39 is 33.5 Å². The number of aryl methyl sites for hydroxylation is 1. The zero-order valence-corrected chi connectivity index (χ0v) is 19.6. The molecule has 1 aliphatic rings. The third kappa shape index (κ3) is 5.03. The summed E-state index contributed by atoms with van der Waals surface area (Å²) < 4.78 is 30.9. The lowest BCUT2D eigenvalue weighted by Crippen LogP contribution is -2.54. The number of aromatic hydroxyl groups is 1. The molecule has 178 valence electrons. The number of anilines is 1. The average Bonchev–Trinajstić information content (AvgIpc) is 2.79. The number of halogens is 1. The van der Waals surface area contributed by atoms with E-state index in [0.717, 1.165) is 11.6 Å². The molecule has 0 saturated carbocycles. The number of carbonyl (C=O) groups excluding carboxylic acids is 3. The fourth-order valence-electron chi connectivity index (χ4n) is 3.23. The van der Waals surface area contributed by atoms with Crippen LogP contribution in [0.1, 0.15) is 11.1 Å². The third-order valence-corrected chi connectivity index (χ3v) is 6.47. The molecule has 0 unspecified atom stereocenters. The van der Waals surface area contributed by atoms with Gasteiger partial charge in [-0.2, -0.15) is 8.42 Å². The molecular formula is C24H17ClN2O7S. The number of nitrogens with zero attached hydrogens (tertiary/aromatic N) is 1. The summed E-state index contributed by atoms with van der Waals surface area (Å²) in [6.45, 7) is 1.80. The number of hydrogen-bond donors (Lipinski definition) is 2. The Morgan fingerprint density at radius 2 is 1.63 bits per heavy atom. The van der Waals surface area contributed by atoms with Gasteiger partial charge in [-0.3, -0.25) is 14.9 Å². The van der Waals surface area contributed by atoms with Crippen LogP contribution in [0.3, 0.4) is 0 Å². The van der Waals surface area contributed by atoms with Crippen LogP contribution < -0.4 is 14.4 Å². The zero-order chi connectivity index (χ0) is 25.3. The first-order chi connectivity index (χ1) is 16.5. The van der Waals surface area contributed by atoms with Crippen molar-refractivity contribution in [2.45, 2.75) is 11.8 Å². The highest BCUT2D eigenvalue weighted by Crippen LogP contribution is 2.30. The van der Waals surface area contributed by atoms with Crippen molar-refractivity contribution in [3.63, 3.8) is 0 Å². The Hall–Kier alpha value is -4.15. The quantitative estimate of drug-likeness (QED) is 0.302. The zero-order valence-electron chi connectivity index (χ0n) is 18.1. The van der Waals surface area contributed by atoms with Crippen molar-refractivity contribution in [3.05, 3.63) is 88.5 Å². The smallest absolute Gasteiger partial charge is 0.339 e. The molecule has 11 heteroatoms. The Morgan fingerprint density at radius 1 is 0.971 bits per heavy atom. The van der Waals surface area contributed by atoms with Gasteiger partial charge >= 0.3 is 16.1 Å². The van der Waals surface area contributed by atoms with Crippen LogP contribution in [0.15, 0.2) is 77.2 Å². The SMILES string of the molecule is Cc1ccc(S(=O)(=O)Oc2ccc(Cl)cc2/C=C2\C(=O)NC(=O)N(c3ccc(O)cc3)C2=O)cc1. The molecule has 4 amide bonds. The fraction of sp³-hybridized carbons (Fsp3) is 0.0417. The molecule has 0 bridgehead atoms. The maximum Gasteiger partial charge on any atom is 0.339 e. The molecule has 9 nitrogen and oxygen atoms in total. The Kier molecular flexibility index (Phi) is 6.33. The second-order valence-electron chi connectivity index (χ2n) is 7.51. The number of amides is 4. The van der Waals surface area contributed by atoms with Gasteiger partial charge in [-0.05, 0) is 67.6 Å². The predicted octanol–water partition coefficient (Wildman–Crippen LogP) is 3.79. The molecule has 0 aromatic heterocycles. The molecule has 1 fully saturated rings. The van der Waals surface area contributed by atoms with E-state index in [9.17, 15) is 27.9 Å². The number of nitrogens with one attached hydrogen (secondary N) is 1. The van der Waals surface area contributed by atoms with Crippen molar-refractivity contribution >= 4 is 51.3 Å². The number of imide groups is 2. The van der Waals surface area contributed by atoms with Gasteiger partial charge < -0.3 is 9.29 Å². The number of phenols is 1. The van der Waals surface area contributed by atoms with Crippen LogP contribution in [-0.4, -0.2) is 31.4 Å². The fourth-order valence-corrected chi connectivity index (χ4v) is 4.36. The first kappa shape index (κ1) is 24.0. The Bertz CT molecular complexity index is 1480. The van der Waals surface area contributed by atoms with Crippen LogP contribution in [0.5, 0.6) is 11.5 Å². The number of barbiturate groups is 1. The number of phenolic OH excluding ortho intramolecular Hbond substituents is 1. The number of carbonyl (C=O) groups is 3. The molecule has 0 spiro atoms. The molecule has 2 N–H and O–H groups in total. The van der Waals surface area contributed by atoms with Gasteiger partial charge in [-0.1, -0.05) is 29.3 Å². The highest BCUT2D eigenvalue weighted by atomic mass is 35.5. The van der Waals surface area contributed by atoms with Gasteiger partial charge in [0, 0.05) is 10.6 Å². The van der Waals surface area contributed by atoms with Crippen molar-refractivity contribution in [2.24, 2.45) is 0 Å². The monoisotopic (exact) mass is 512 g/mol. The van der Waals surface area contributed by atoms with Gasteiger partial charge in [-0.15, -0.1) is 0 Å². The minimum absolute atomic E-state index is 0.0201. The lowest BCUT2D eigenvalue weighted by Gasteiger charge is -2.26. The minimum Gasteiger partial charge on any atom is -0.508 e. The van der Waals surface area contributed by atoms with Crippen molar-refractivity contribution in [2.75, 3.05) is 4.90 Å². The van der Waals surface area contributed by atoms with Crippen LogP contribution in [-0.2, 0) is 19.7 Å². The van der Waals surface area contributed by atoms with Crippen molar-refractivity contribution in [3.8, 4) is 11.5 Å². The molecule has 3 aromatic carbocycles. The number of urea groups is 1. The maximum atomic E-state index is 13.1. The molecule has 4 rings (SSSR count). The normalized spacial score (nSPS) is 15.3. The highest BCUT2D eigenvalue weighted by molar-refractivity contribution is 7.87. The van der Waals surface area contributed by atoms with Crippen LogP contribution in [0.4, 0.5) is 10.5 Å². The van der Waals surface area contributed by atoms with Gasteiger partial charge in [0.2, 0.25) is 0 Å². The summed E-state index contributed by atoms with van der Waals surface area (Å²) in [6.07, 6.45) is 1.09. The molecule has 1 saturated heterocycles. The van der Waals surface area contributed by atoms with E-state index >= 15 is 0 Å². The van der Waals surface area contributed by atoms with E-state index in [1.165, 1.54) is 54.6 Å². The molecule has 0 radical (unpaired) electrons. The second kappa shape index (κ2) is 9.24. The van der Waals surface area contributed by atoms with E-state index in [0.29, 0.717) is 4.90 Å². The molecule has 3 aromatic rings. The number of benzene rings is 3. The van der Waals surface area contributed by atoms with Gasteiger partial charge in [0.25, 0.3) is 11.8 Å². The van der Waals surface area contributed by atoms with Gasteiger partial charge in [0.1, 0.15) is 22.0 Å². The topological polar surface area (TPSA) is 130 Å². The highest BCUT2D eigenvalue weighted by Gasteiger charge is 2.37. The van der Waals surface area contributed by atoms with Crippen molar-refractivity contribution in [1.29, 1.82) is 0 Å². The minimum atomic E-state index is -4.25. The second-order valence-corrected chi connectivity index (χ2v) is 9.49. The van der Waals surface area contributed by atoms with E-state index in [1.807, 2.05) is 0 Å². The van der Waals surface area contributed by atoms with Crippen LogP contribution in [0.2, 0.25) is 5.02 Å². The summed E-state index contributed by atoms with van der Waals surface area (Å²) in [5.74, 6) is -2.21. The van der Waals surface area contributed by atoms with Gasteiger partial charge in [0.05, 0.1) is 5.69 Å². The summed E-state index contributed by atoms with van der Waals surface area (Å²) in [5.41, 5.74) is 0.521. The summed E-state index contributed by atoms with van der Waals surface area (Å²) in [5, 5.41) is 11.7. The molecule has 0 atom stereocenters. The number of hydrogen-bond acceptors (Lipinski definition) is 7. The van der Waals surface area contributed by atoms with Crippen LogP contribution in [0.25, 0.3) is 6.08 Å². The molecule has 35 heavy (non-hydrogen) atoms. The Balaban J connectivity index is 1.74. The van der Waals surface area contributed by atoms with Gasteiger partial charge in [0.15, 0.2) is 0 Å². The standard InChI is InChI=1S/C24H17ClN2O7S/c1-14-2-9-19(10-3-14)35(32,33)34-21-11-4-16(25)12-15(21)13-20-22(29)26-24(31)27(23(20)30)17-5-7-18(28)8-6-17/h2-13,28H,1H3,(H,26,29,31)/b20-13+. The molecule has 0 aliphatic carbocycles. The van der Waals surface area contributed by atoms with Crippen molar-refractivity contribution in [1.82, 2.24) is 5.32 Å². The maximum absolute atomic E-state index is 13.1. The van der Waals surface area contributed by atoms with E-state index in [2.05, 4.69) is 5.32 Å². The first-order valence-corrected chi connectivity index (χ1v) is 11.8. The Labute approximate surface area is 205 Å². The summed E-state index contributed by atoms with van der Waals surface area (Å²) >= 11 is 6.07. The van der Waals surface area contributed by atoms with E-state index in [1.54, 1.807) is 19.1 Å². The first-order valence-electron chi connectivity index (χ1n) is 10.1. The lowest BCUT2D eigenvalue weighted by atomic mass is 10.1. The number of rotatable bonds is 5. The van der Waals surface area contributed by atoms with Crippen LogP contribution >= 0.6 is 11.6 Å². The van der Waals surface area contributed by atoms with Crippen molar-refractivity contribution < 1.29 is 32.1 Å². The van der Waals surface area contributed by atoms with Gasteiger partial charge in [-0.25, -0.2) is 9.69 Å². The lowest BCUT2D eigenvalue weighted by molar-refractivity contribution is -0.122. The van der Waals surface area contributed by atoms with E-state index in [-0.39, 0.29) is 32.7 Å². The molecule has 1 heterocycles. The average molecular weight is 513 g/mol. The summed E-state index contributed by atoms with van der Waals surface area (Å²) in [7, 11) is -4.25. The largest absolute Gasteiger partial charge is 0.508 e. The van der Waals surface area contributed by atoms with Crippen LogP contribution in [0, 0.1) is 6.92 Å². The summed E-state index contributed by atoms with van der Waals surface area (Å²) in [4.78, 5) is 38.6. The van der Waals surface area contributed by atoms with E-state index in [4.69, 9.17) is 15.8 Å². The predicted molar refractivity (Wildman–Crippen MR) is 128 cm³/mol. The molecule has 1 aliphatic heterocycles. The molecular weight excluding hydrogens is 496 g/mol. The third-order valence-electron chi connectivity index (χ3n) is 4.99. The Morgan fingerprint density at radius 3 is 2.29 bits per heavy atom. The summed E-state index contributed by atoms with van der Waals surface area (Å²) in [6, 6.07) is 14.2.